The molecule has 1 aliphatic heterocycles. The maximum absolute atomic E-state index is 11.6. The van der Waals surface area contributed by atoms with Gasteiger partial charge in [0.15, 0.2) is 0 Å². The first kappa shape index (κ1) is 16.8. The molecule has 1 aromatic rings. The summed E-state index contributed by atoms with van der Waals surface area (Å²) in [4.78, 5) is 11.6. The summed E-state index contributed by atoms with van der Waals surface area (Å²) in [6, 6.07) is 7.87. The Kier molecular flexibility index (Phi) is 7.41. The number of aryl methyl sites for hydroxylation is 1. The SMILES string of the molecule is Cc1cccc(OCCC(=O)NCC2CCNC2)c1.Cl. The molecule has 1 fully saturated rings. The molecule has 0 radical (unpaired) electrons. The van der Waals surface area contributed by atoms with E-state index in [-0.39, 0.29) is 18.3 Å². The topological polar surface area (TPSA) is 50.4 Å². The van der Waals surface area contributed by atoms with Crippen molar-refractivity contribution in [1.29, 1.82) is 0 Å². The number of nitrogens with one attached hydrogen (secondary N) is 2. The lowest BCUT2D eigenvalue weighted by Gasteiger charge is -2.10. The summed E-state index contributed by atoms with van der Waals surface area (Å²) in [7, 11) is 0. The summed E-state index contributed by atoms with van der Waals surface area (Å²) < 4.78 is 5.56. The van der Waals surface area contributed by atoms with Crippen LogP contribution >= 0.6 is 12.4 Å². The second-order valence-corrected chi connectivity index (χ2v) is 5.08. The van der Waals surface area contributed by atoms with E-state index in [2.05, 4.69) is 10.6 Å². The Hall–Kier alpha value is -1.26. The Morgan fingerprint density at radius 1 is 1.50 bits per heavy atom. The largest absolute Gasteiger partial charge is 0.493 e. The van der Waals surface area contributed by atoms with Gasteiger partial charge in [-0.2, -0.15) is 0 Å². The van der Waals surface area contributed by atoms with Gasteiger partial charge >= 0.3 is 0 Å². The van der Waals surface area contributed by atoms with E-state index < -0.39 is 0 Å². The average Bonchev–Trinajstić information content (AvgIpc) is 2.89. The third-order valence-electron chi connectivity index (χ3n) is 3.34. The Balaban J connectivity index is 0.00000200. The van der Waals surface area contributed by atoms with Crippen LogP contribution in [0.15, 0.2) is 24.3 Å². The van der Waals surface area contributed by atoms with Crippen LogP contribution in [0.4, 0.5) is 0 Å². The minimum Gasteiger partial charge on any atom is -0.493 e. The van der Waals surface area contributed by atoms with Crippen LogP contribution in [0.5, 0.6) is 5.75 Å². The number of carbonyl (C=O) groups is 1. The van der Waals surface area contributed by atoms with Gasteiger partial charge in [0.05, 0.1) is 13.0 Å². The maximum atomic E-state index is 11.6. The Labute approximate surface area is 126 Å². The van der Waals surface area contributed by atoms with Crippen LogP contribution in [0.1, 0.15) is 18.4 Å². The second-order valence-electron chi connectivity index (χ2n) is 5.08. The molecule has 0 aromatic heterocycles. The van der Waals surface area contributed by atoms with Gasteiger partial charge in [0.1, 0.15) is 5.75 Å². The van der Waals surface area contributed by atoms with E-state index >= 15 is 0 Å². The van der Waals surface area contributed by atoms with Crippen molar-refractivity contribution in [3.8, 4) is 5.75 Å². The third kappa shape index (κ3) is 5.80. The molecular formula is C15H23ClN2O2. The molecule has 5 heteroatoms. The standard InChI is InChI=1S/C15H22N2O2.ClH/c1-12-3-2-4-14(9-12)19-8-6-15(18)17-11-13-5-7-16-10-13;/h2-4,9,13,16H,5-8,10-11H2,1H3,(H,17,18);1H. The number of halogens is 1. The van der Waals surface area contributed by atoms with Crippen molar-refractivity contribution in [3.63, 3.8) is 0 Å². The van der Waals surface area contributed by atoms with E-state index in [0.29, 0.717) is 18.9 Å². The van der Waals surface area contributed by atoms with E-state index in [1.54, 1.807) is 0 Å². The van der Waals surface area contributed by atoms with Crippen LogP contribution in [-0.2, 0) is 4.79 Å². The highest BCUT2D eigenvalue weighted by Gasteiger charge is 2.14. The molecule has 4 nitrogen and oxygen atoms in total. The molecule has 20 heavy (non-hydrogen) atoms. The van der Waals surface area contributed by atoms with E-state index in [1.807, 2.05) is 31.2 Å². The molecule has 0 spiro atoms. The fourth-order valence-electron chi connectivity index (χ4n) is 2.20. The predicted molar refractivity (Wildman–Crippen MR) is 82.5 cm³/mol. The summed E-state index contributed by atoms with van der Waals surface area (Å²) in [5.41, 5.74) is 1.16. The Morgan fingerprint density at radius 3 is 3.05 bits per heavy atom. The first-order valence-corrected chi connectivity index (χ1v) is 6.91. The lowest BCUT2D eigenvalue weighted by Crippen LogP contribution is -2.31. The molecule has 1 saturated heterocycles. The molecule has 0 bridgehead atoms. The molecule has 1 heterocycles. The van der Waals surface area contributed by atoms with Gasteiger partial charge in [0, 0.05) is 6.54 Å². The van der Waals surface area contributed by atoms with Gasteiger partial charge < -0.3 is 15.4 Å². The molecule has 2 N–H and O–H groups in total. The van der Waals surface area contributed by atoms with Gasteiger partial charge in [-0.05, 0) is 50.0 Å². The second kappa shape index (κ2) is 8.82. The number of hydrogen-bond donors (Lipinski definition) is 2. The smallest absolute Gasteiger partial charge is 0.223 e. The maximum Gasteiger partial charge on any atom is 0.223 e. The summed E-state index contributed by atoms with van der Waals surface area (Å²) in [5.74, 6) is 1.48. The third-order valence-corrected chi connectivity index (χ3v) is 3.34. The van der Waals surface area contributed by atoms with Crippen molar-refractivity contribution < 1.29 is 9.53 Å². The molecule has 2 rings (SSSR count). The number of hydrogen-bond acceptors (Lipinski definition) is 3. The zero-order valence-electron chi connectivity index (χ0n) is 11.9. The lowest BCUT2D eigenvalue weighted by atomic mass is 10.1. The minimum atomic E-state index is 0. The number of benzene rings is 1. The molecule has 1 aliphatic rings. The van der Waals surface area contributed by atoms with Crippen molar-refractivity contribution in [1.82, 2.24) is 10.6 Å². The first-order valence-electron chi connectivity index (χ1n) is 6.91. The fourth-order valence-corrected chi connectivity index (χ4v) is 2.20. The van der Waals surface area contributed by atoms with Gasteiger partial charge in [-0.25, -0.2) is 0 Å². The van der Waals surface area contributed by atoms with Crippen molar-refractivity contribution >= 4 is 18.3 Å². The van der Waals surface area contributed by atoms with Crippen molar-refractivity contribution in [2.45, 2.75) is 19.8 Å². The van der Waals surface area contributed by atoms with Crippen LogP contribution in [0.2, 0.25) is 0 Å². The number of amides is 1. The quantitative estimate of drug-likeness (QED) is 0.843. The van der Waals surface area contributed by atoms with Crippen LogP contribution in [0.3, 0.4) is 0 Å². The minimum absolute atomic E-state index is 0. The molecule has 0 aliphatic carbocycles. The highest BCUT2D eigenvalue weighted by molar-refractivity contribution is 5.85. The van der Waals surface area contributed by atoms with Gasteiger partial charge in [-0.15, -0.1) is 12.4 Å². The normalized spacial score (nSPS) is 17.4. The number of ether oxygens (including phenoxy) is 1. The van der Waals surface area contributed by atoms with E-state index in [4.69, 9.17) is 4.74 Å². The highest BCUT2D eigenvalue weighted by Crippen LogP contribution is 2.12. The Bertz CT molecular complexity index is 420. The summed E-state index contributed by atoms with van der Waals surface area (Å²) in [6.07, 6.45) is 1.56. The molecule has 1 unspecified atom stereocenters. The van der Waals surface area contributed by atoms with Crippen molar-refractivity contribution in [2.24, 2.45) is 5.92 Å². The van der Waals surface area contributed by atoms with Gasteiger partial charge in [0.25, 0.3) is 0 Å². The van der Waals surface area contributed by atoms with Crippen molar-refractivity contribution in [2.75, 3.05) is 26.2 Å². The first-order chi connectivity index (χ1) is 9.24. The molecule has 0 saturated carbocycles. The van der Waals surface area contributed by atoms with Gasteiger partial charge in [-0.3, -0.25) is 4.79 Å². The van der Waals surface area contributed by atoms with Crippen LogP contribution in [-0.4, -0.2) is 32.1 Å². The summed E-state index contributed by atoms with van der Waals surface area (Å²) in [5, 5.41) is 6.25. The zero-order valence-corrected chi connectivity index (χ0v) is 12.7. The molecule has 1 atom stereocenters. The van der Waals surface area contributed by atoms with Gasteiger partial charge in [-0.1, -0.05) is 12.1 Å². The monoisotopic (exact) mass is 298 g/mol. The average molecular weight is 299 g/mol. The predicted octanol–water partition coefficient (Wildman–Crippen LogP) is 1.91. The van der Waals surface area contributed by atoms with Crippen molar-refractivity contribution in [3.05, 3.63) is 29.8 Å². The number of rotatable bonds is 6. The van der Waals surface area contributed by atoms with Crippen LogP contribution in [0.25, 0.3) is 0 Å². The zero-order chi connectivity index (χ0) is 13.5. The van der Waals surface area contributed by atoms with Crippen LogP contribution < -0.4 is 15.4 Å². The van der Waals surface area contributed by atoms with E-state index in [0.717, 1.165) is 37.4 Å². The van der Waals surface area contributed by atoms with Crippen LogP contribution in [0, 0.1) is 12.8 Å². The molecule has 1 aromatic carbocycles. The lowest BCUT2D eigenvalue weighted by molar-refractivity contribution is -0.121. The van der Waals surface area contributed by atoms with E-state index in [1.165, 1.54) is 0 Å². The fraction of sp³-hybridized carbons (Fsp3) is 0.533. The molecular weight excluding hydrogens is 276 g/mol. The molecule has 1 amide bonds. The highest BCUT2D eigenvalue weighted by atomic mass is 35.5. The summed E-state index contributed by atoms with van der Waals surface area (Å²) >= 11 is 0. The van der Waals surface area contributed by atoms with Gasteiger partial charge in [0.2, 0.25) is 5.91 Å². The Morgan fingerprint density at radius 2 is 2.35 bits per heavy atom. The molecule has 112 valence electrons. The number of carbonyl (C=O) groups excluding carboxylic acids is 1. The summed E-state index contributed by atoms with van der Waals surface area (Å²) in [6.45, 7) is 5.31. The van der Waals surface area contributed by atoms with E-state index in [9.17, 15) is 4.79 Å².